The number of nitrogens with one attached hydrogen (secondary N) is 2. The molecule has 0 saturated heterocycles. The van der Waals surface area contributed by atoms with Crippen LogP contribution in [0.25, 0.3) is 11.4 Å². The molecule has 0 aliphatic heterocycles. The van der Waals surface area contributed by atoms with Crippen LogP contribution < -0.4 is 5.32 Å². The van der Waals surface area contributed by atoms with E-state index in [1.165, 1.54) is 25.4 Å². The molecule has 1 amide bonds. The summed E-state index contributed by atoms with van der Waals surface area (Å²) in [6.45, 7) is 1.35. The number of nitrogens with zero attached hydrogens (tertiary/aromatic N) is 4. The summed E-state index contributed by atoms with van der Waals surface area (Å²) < 4.78 is 80.5. The van der Waals surface area contributed by atoms with Gasteiger partial charge in [0, 0.05) is 12.4 Å². The van der Waals surface area contributed by atoms with Crippen molar-refractivity contribution < 1.29 is 31.1 Å². The van der Waals surface area contributed by atoms with Crippen LogP contribution in [0, 0.1) is 0 Å². The summed E-state index contributed by atoms with van der Waals surface area (Å²) in [4.78, 5) is 16.7. The molecule has 0 aliphatic carbocycles. The Labute approximate surface area is 193 Å². The lowest BCUT2D eigenvalue weighted by molar-refractivity contribution is -0.143. The van der Waals surface area contributed by atoms with Crippen molar-refractivity contribution in [2.24, 2.45) is 0 Å². The molecule has 1 atom stereocenters. The molecule has 7 nitrogen and oxygen atoms in total. The Hall–Kier alpha value is -4.16. The first-order chi connectivity index (χ1) is 16.4. The number of H-pyrrole nitrogens is 1. The van der Waals surface area contributed by atoms with E-state index in [2.05, 4.69) is 25.6 Å². The molecule has 2 N–H and O–H groups in total. The number of aromatic nitrogens is 5. The van der Waals surface area contributed by atoms with Crippen LogP contribution >= 0.6 is 0 Å². The molecular formula is C22H16F6N6O. The van der Waals surface area contributed by atoms with Gasteiger partial charge in [-0.2, -0.15) is 36.5 Å². The zero-order valence-electron chi connectivity index (χ0n) is 17.8. The van der Waals surface area contributed by atoms with Gasteiger partial charge in [0.2, 0.25) is 0 Å². The first-order valence-corrected chi connectivity index (χ1v) is 10.0. The largest absolute Gasteiger partial charge is 0.416 e. The molecule has 0 bridgehead atoms. The van der Waals surface area contributed by atoms with Crippen LogP contribution in [-0.2, 0) is 12.4 Å². The molecule has 3 aromatic heterocycles. The molecule has 4 rings (SSSR count). The Morgan fingerprint density at radius 3 is 2.49 bits per heavy atom. The number of carbonyl (C=O) groups is 1. The fourth-order valence-corrected chi connectivity index (χ4v) is 3.39. The normalized spacial score (nSPS) is 13.0. The standard InChI is InChI=1S/C22H16F6N6O/c1-12(15-6-5-13(21(23,24)25)8-16(15)22(26,27)28)34-11-14(10-30-34)31-20(35)19-9-18(32-33-19)17-4-2-3-7-29-17/h2-12H,1H3,(H,31,35)(H,32,33)/t12-/m0/s1. The van der Waals surface area contributed by atoms with E-state index in [1.807, 2.05) is 0 Å². The quantitative estimate of drug-likeness (QED) is 0.355. The lowest BCUT2D eigenvalue weighted by atomic mass is 9.98. The van der Waals surface area contributed by atoms with Crippen LogP contribution in [0.2, 0.25) is 0 Å². The number of pyridine rings is 1. The number of aromatic amines is 1. The fourth-order valence-electron chi connectivity index (χ4n) is 3.39. The number of alkyl halides is 6. The molecule has 13 heteroatoms. The molecule has 0 fully saturated rings. The molecular weight excluding hydrogens is 478 g/mol. The molecule has 0 saturated carbocycles. The highest BCUT2D eigenvalue weighted by Crippen LogP contribution is 2.39. The number of rotatable bonds is 5. The SMILES string of the molecule is C[C@@H](c1ccc(C(F)(F)F)cc1C(F)(F)F)n1cc(NC(=O)c2cc(-c3ccccn3)[nH]n2)cn1. The van der Waals surface area contributed by atoms with E-state index in [1.54, 1.807) is 24.4 Å². The van der Waals surface area contributed by atoms with Crippen LogP contribution in [-0.4, -0.2) is 30.9 Å². The van der Waals surface area contributed by atoms with E-state index < -0.39 is 41.0 Å². The summed E-state index contributed by atoms with van der Waals surface area (Å²) >= 11 is 0. The predicted molar refractivity (Wildman–Crippen MR) is 112 cm³/mol. The lowest BCUT2D eigenvalue weighted by Gasteiger charge is -2.20. The third kappa shape index (κ3) is 5.18. The van der Waals surface area contributed by atoms with Gasteiger partial charge in [-0.3, -0.25) is 19.6 Å². The Kier molecular flexibility index (Phi) is 6.09. The fraction of sp³-hybridized carbons (Fsp3) is 0.182. The van der Waals surface area contributed by atoms with Crippen LogP contribution in [0.15, 0.2) is 61.1 Å². The third-order valence-corrected chi connectivity index (χ3v) is 5.14. The average Bonchev–Trinajstić information content (AvgIpc) is 3.48. The molecule has 0 radical (unpaired) electrons. The zero-order valence-corrected chi connectivity index (χ0v) is 17.8. The predicted octanol–water partition coefficient (Wildman–Crippen LogP) is 5.57. The summed E-state index contributed by atoms with van der Waals surface area (Å²) in [7, 11) is 0. The molecule has 4 aromatic rings. The Morgan fingerprint density at radius 1 is 1.06 bits per heavy atom. The second-order valence-corrected chi connectivity index (χ2v) is 7.52. The van der Waals surface area contributed by atoms with Crippen molar-refractivity contribution in [3.63, 3.8) is 0 Å². The van der Waals surface area contributed by atoms with E-state index in [-0.39, 0.29) is 17.4 Å². The Balaban J connectivity index is 1.54. The monoisotopic (exact) mass is 494 g/mol. The minimum Gasteiger partial charge on any atom is -0.318 e. The van der Waals surface area contributed by atoms with Gasteiger partial charge in [0.15, 0.2) is 5.69 Å². The average molecular weight is 494 g/mol. The number of amides is 1. The summed E-state index contributed by atoms with van der Waals surface area (Å²) in [5.41, 5.74) is -1.96. The smallest absolute Gasteiger partial charge is 0.318 e. The van der Waals surface area contributed by atoms with Gasteiger partial charge < -0.3 is 5.32 Å². The summed E-state index contributed by atoms with van der Waals surface area (Å²) in [5, 5.41) is 13.1. The van der Waals surface area contributed by atoms with Gasteiger partial charge in [-0.25, -0.2) is 0 Å². The van der Waals surface area contributed by atoms with E-state index in [4.69, 9.17) is 0 Å². The van der Waals surface area contributed by atoms with Gasteiger partial charge in [0.1, 0.15) is 0 Å². The first kappa shape index (κ1) is 24.0. The van der Waals surface area contributed by atoms with Crippen molar-refractivity contribution in [1.82, 2.24) is 25.0 Å². The minimum atomic E-state index is -5.01. The van der Waals surface area contributed by atoms with Crippen LogP contribution in [0.3, 0.4) is 0 Å². The molecule has 182 valence electrons. The number of hydrogen-bond donors (Lipinski definition) is 2. The van der Waals surface area contributed by atoms with E-state index >= 15 is 0 Å². The van der Waals surface area contributed by atoms with Crippen molar-refractivity contribution in [3.05, 3.63) is 83.4 Å². The highest BCUT2D eigenvalue weighted by Gasteiger charge is 2.39. The van der Waals surface area contributed by atoms with Crippen molar-refractivity contribution in [1.29, 1.82) is 0 Å². The van der Waals surface area contributed by atoms with Crippen LogP contribution in [0.5, 0.6) is 0 Å². The maximum atomic E-state index is 13.5. The zero-order chi connectivity index (χ0) is 25.4. The summed E-state index contributed by atoms with van der Waals surface area (Å²) in [5.74, 6) is -0.610. The van der Waals surface area contributed by atoms with Crippen molar-refractivity contribution >= 4 is 11.6 Å². The number of benzene rings is 1. The second kappa shape index (κ2) is 8.89. The Bertz CT molecular complexity index is 1340. The lowest BCUT2D eigenvalue weighted by Crippen LogP contribution is -2.17. The highest BCUT2D eigenvalue weighted by molar-refractivity contribution is 6.03. The van der Waals surface area contributed by atoms with Gasteiger partial charge in [0.05, 0.1) is 40.4 Å². The molecule has 3 heterocycles. The van der Waals surface area contributed by atoms with E-state index in [9.17, 15) is 31.1 Å². The second-order valence-electron chi connectivity index (χ2n) is 7.52. The van der Waals surface area contributed by atoms with Gasteiger partial charge in [-0.1, -0.05) is 12.1 Å². The van der Waals surface area contributed by atoms with Gasteiger partial charge >= 0.3 is 12.4 Å². The first-order valence-electron chi connectivity index (χ1n) is 10.0. The maximum Gasteiger partial charge on any atom is 0.416 e. The van der Waals surface area contributed by atoms with Crippen molar-refractivity contribution in [2.45, 2.75) is 25.3 Å². The van der Waals surface area contributed by atoms with Gasteiger partial charge in [-0.05, 0) is 42.8 Å². The molecule has 0 unspecified atom stereocenters. The summed E-state index contributed by atoms with van der Waals surface area (Å²) in [6.07, 6.45) is -5.88. The van der Waals surface area contributed by atoms with Gasteiger partial charge in [-0.15, -0.1) is 0 Å². The number of carbonyl (C=O) groups excluding carboxylic acids is 1. The van der Waals surface area contributed by atoms with Crippen molar-refractivity contribution in [3.8, 4) is 11.4 Å². The van der Waals surface area contributed by atoms with E-state index in [0.29, 0.717) is 17.5 Å². The maximum absolute atomic E-state index is 13.5. The number of halogens is 6. The molecule has 35 heavy (non-hydrogen) atoms. The van der Waals surface area contributed by atoms with Crippen LogP contribution in [0.4, 0.5) is 32.0 Å². The summed E-state index contributed by atoms with van der Waals surface area (Å²) in [6, 6.07) is 7.05. The highest BCUT2D eigenvalue weighted by atomic mass is 19.4. The Morgan fingerprint density at radius 2 is 1.83 bits per heavy atom. The molecule has 0 spiro atoms. The third-order valence-electron chi connectivity index (χ3n) is 5.14. The minimum absolute atomic E-state index is 0.0357. The van der Waals surface area contributed by atoms with Crippen molar-refractivity contribution in [2.75, 3.05) is 5.32 Å². The molecule has 0 aliphatic rings. The molecule has 1 aromatic carbocycles. The van der Waals surface area contributed by atoms with E-state index in [0.717, 1.165) is 10.7 Å². The number of anilines is 1. The number of hydrogen-bond acceptors (Lipinski definition) is 4. The van der Waals surface area contributed by atoms with Gasteiger partial charge in [0.25, 0.3) is 5.91 Å². The van der Waals surface area contributed by atoms with Crippen LogP contribution in [0.1, 0.15) is 40.1 Å². The topological polar surface area (TPSA) is 88.5 Å².